The zero-order valence-electron chi connectivity index (χ0n) is 22.8. The number of aliphatic carboxylic acids is 1. The largest absolute Gasteiger partial charge is 0.480 e. The third kappa shape index (κ3) is 7.44. The number of amides is 1. The van der Waals surface area contributed by atoms with Gasteiger partial charge in [0.05, 0.1) is 17.5 Å². The van der Waals surface area contributed by atoms with Crippen molar-refractivity contribution in [2.45, 2.75) is 30.5 Å². The SMILES string of the molecule is O=C(O)Cn1c(SCCCN(CC(c2ccccc2)c2ccccc2)C(=O)Cc2ccccc2)nc2ccccc21. The summed E-state index contributed by atoms with van der Waals surface area (Å²) in [6.45, 7) is 1.02. The number of benzene rings is 4. The van der Waals surface area contributed by atoms with Gasteiger partial charge in [0.2, 0.25) is 5.91 Å². The maximum atomic E-state index is 13.7. The molecule has 0 saturated heterocycles. The first-order valence-corrected chi connectivity index (χ1v) is 14.8. The lowest BCUT2D eigenvalue weighted by atomic mass is 9.90. The summed E-state index contributed by atoms with van der Waals surface area (Å²) in [5.41, 5.74) is 4.94. The third-order valence-electron chi connectivity index (χ3n) is 7.07. The Balaban J connectivity index is 1.33. The molecule has 41 heavy (non-hydrogen) atoms. The Morgan fingerprint density at radius 3 is 2.02 bits per heavy atom. The molecule has 0 fully saturated rings. The van der Waals surface area contributed by atoms with Gasteiger partial charge in [-0.2, -0.15) is 0 Å². The van der Waals surface area contributed by atoms with Gasteiger partial charge < -0.3 is 14.6 Å². The number of hydrogen-bond acceptors (Lipinski definition) is 4. The lowest BCUT2D eigenvalue weighted by molar-refractivity contribution is -0.137. The van der Waals surface area contributed by atoms with Gasteiger partial charge in [-0.15, -0.1) is 0 Å². The maximum absolute atomic E-state index is 13.7. The number of fused-ring (bicyclic) bond motifs is 1. The van der Waals surface area contributed by atoms with Gasteiger partial charge in [-0.3, -0.25) is 9.59 Å². The fraction of sp³-hybridized carbons (Fsp3) is 0.206. The van der Waals surface area contributed by atoms with Crippen molar-refractivity contribution in [1.82, 2.24) is 14.5 Å². The molecule has 0 aliphatic heterocycles. The van der Waals surface area contributed by atoms with Crippen molar-refractivity contribution in [2.24, 2.45) is 0 Å². The highest BCUT2D eigenvalue weighted by atomic mass is 32.2. The number of aromatic nitrogens is 2. The standard InChI is InChI=1S/C34H33N3O3S/c38-32(23-26-13-4-1-5-14-26)36(24-29(27-15-6-2-7-16-27)28-17-8-3-9-18-28)21-12-22-41-34-35-30-19-10-11-20-31(30)37(34)25-33(39)40/h1-11,13-20,29H,12,21-25H2,(H,39,40). The van der Waals surface area contributed by atoms with Crippen LogP contribution < -0.4 is 0 Å². The number of carboxylic acids is 1. The van der Waals surface area contributed by atoms with Gasteiger partial charge in [0, 0.05) is 24.8 Å². The van der Waals surface area contributed by atoms with E-state index >= 15 is 0 Å². The Hall–Kier alpha value is -4.36. The quantitative estimate of drug-likeness (QED) is 0.131. The molecule has 0 saturated carbocycles. The van der Waals surface area contributed by atoms with Crippen LogP contribution in [0.3, 0.4) is 0 Å². The molecule has 5 rings (SSSR count). The van der Waals surface area contributed by atoms with Gasteiger partial charge in [0.1, 0.15) is 6.54 Å². The number of rotatable bonds is 13. The smallest absolute Gasteiger partial charge is 0.323 e. The second-order valence-electron chi connectivity index (χ2n) is 9.94. The molecule has 0 spiro atoms. The maximum Gasteiger partial charge on any atom is 0.323 e. The second kappa shape index (κ2) is 13.8. The molecule has 0 bridgehead atoms. The van der Waals surface area contributed by atoms with E-state index in [0.29, 0.717) is 30.4 Å². The zero-order valence-corrected chi connectivity index (χ0v) is 23.6. The van der Waals surface area contributed by atoms with Gasteiger partial charge in [-0.05, 0) is 35.2 Å². The molecule has 0 unspecified atom stereocenters. The number of nitrogens with zero attached hydrogens (tertiary/aromatic N) is 3. The summed E-state index contributed by atoms with van der Waals surface area (Å²) >= 11 is 1.53. The van der Waals surface area contributed by atoms with Crippen LogP contribution in [0.4, 0.5) is 0 Å². The predicted octanol–water partition coefficient (Wildman–Crippen LogP) is 6.51. The molecule has 0 radical (unpaired) electrons. The van der Waals surface area contributed by atoms with Gasteiger partial charge >= 0.3 is 5.97 Å². The fourth-order valence-corrected chi connectivity index (χ4v) is 6.00. The molecule has 6 nitrogen and oxygen atoms in total. The van der Waals surface area contributed by atoms with Crippen LogP contribution in [0.25, 0.3) is 11.0 Å². The molecule has 0 aliphatic rings. The normalized spacial score (nSPS) is 11.1. The number of thioether (sulfide) groups is 1. The van der Waals surface area contributed by atoms with Gasteiger partial charge in [-0.25, -0.2) is 4.98 Å². The van der Waals surface area contributed by atoms with Crippen molar-refractivity contribution in [3.63, 3.8) is 0 Å². The predicted molar refractivity (Wildman–Crippen MR) is 164 cm³/mol. The average Bonchev–Trinajstić information content (AvgIpc) is 3.34. The van der Waals surface area contributed by atoms with E-state index in [1.807, 2.05) is 95.9 Å². The second-order valence-corrected chi connectivity index (χ2v) is 11.0. The van der Waals surface area contributed by atoms with Crippen molar-refractivity contribution in [1.29, 1.82) is 0 Å². The molecule has 208 valence electrons. The van der Waals surface area contributed by atoms with E-state index in [9.17, 15) is 14.7 Å². The van der Waals surface area contributed by atoms with E-state index < -0.39 is 5.97 Å². The van der Waals surface area contributed by atoms with Crippen LogP contribution in [0.1, 0.15) is 29.0 Å². The number of carbonyl (C=O) groups is 2. The van der Waals surface area contributed by atoms with Crippen molar-refractivity contribution in [2.75, 3.05) is 18.8 Å². The summed E-state index contributed by atoms with van der Waals surface area (Å²) in [5.74, 6) is -0.0550. The minimum atomic E-state index is -0.902. The molecular weight excluding hydrogens is 530 g/mol. The Bertz CT molecular complexity index is 1530. The molecule has 0 aliphatic carbocycles. The first-order valence-electron chi connectivity index (χ1n) is 13.8. The lowest BCUT2D eigenvalue weighted by Gasteiger charge is -2.29. The average molecular weight is 564 g/mol. The summed E-state index contributed by atoms with van der Waals surface area (Å²) in [6, 6.07) is 38.2. The van der Waals surface area contributed by atoms with Gasteiger partial charge in [0.15, 0.2) is 5.16 Å². The molecule has 1 heterocycles. The Kier molecular flexibility index (Phi) is 9.49. The van der Waals surface area contributed by atoms with Crippen molar-refractivity contribution in [3.05, 3.63) is 132 Å². The summed E-state index contributed by atoms with van der Waals surface area (Å²) in [6.07, 6.45) is 1.09. The van der Waals surface area contributed by atoms with Crippen LogP contribution in [0.15, 0.2) is 120 Å². The number of carboxylic acid groups (broad SMARTS) is 1. The molecular formula is C34H33N3O3S. The van der Waals surface area contributed by atoms with Crippen LogP contribution >= 0.6 is 11.8 Å². The Morgan fingerprint density at radius 2 is 1.39 bits per heavy atom. The van der Waals surface area contributed by atoms with Crippen LogP contribution in [0.2, 0.25) is 0 Å². The summed E-state index contributed by atoms with van der Waals surface area (Å²) in [5, 5.41) is 10.1. The molecule has 5 aromatic rings. The number of hydrogen-bond donors (Lipinski definition) is 1. The van der Waals surface area contributed by atoms with E-state index in [1.165, 1.54) is 22.9 Å². The highest BCUT2D eigenvalue weighted by Crippen LogP contribution is 2.27. The fourth-order valence-electron chi connectivity index (χ4n) is 5.06. The third-order valence-corrected chi connectivity index (χ3v) is 8.14. The Labute approximate surface area is 244 Å². The minimum Gasteiger partial charge on any atom is -0.480 e. The summed E-state index contributed by atoms with van der Waals surface area (Å²) in [7, 11) is 0. The monoisotopic (exact) mass is 563 g/mol. The van der Waals surface area contributed by atoms with Crippen molar-refractivity contribution >= 4 is 34.7 Å². The van der Waals surface area contributed by atoms with Crippen LogP contribution in [-0.2, 0) is 22.6 Å². The van der Waals surface area contributed by atoms with Crippen LogP contribution in [0, 0.1) is 0 Å². The first-order chi connectivity index (χ1) is 20.1. The van der Waals surface area contributed by atoms with E-state index in [2.05, 4.69) is 29.2 Å². The molecule has 1 amide bonds. The van der Waals surface area contributed by atoms with E-state index in [-0.39, 0.29) is 18.4 Å². The summed E-state index contributed by atoms with van der Waals surface area (Å²) < 4.78 is 1.75. The highest BCUT2D eigenvalue weighted by Gasteiger charge is 2.22. The molecule has 7 heteroatoms. The molecule has 1 aromatic heterocycles. The molecule has 0 atom stereocenters. The zero-order chi connectivity index (χ0) is 28.4. The summed E-state index contributed by atoms with van der Waals surface area (Å²) in [4.78, 5) is 31.9. The number of carbonyl (C=O) groups excluding carboxylic acids is 1. The van der Waals surface area contributed by atoms with E-state index in [0.717, 1.165) is 23.0 Å². The van der Waals surface area contributed by atoms with Crippen molar-refractivity contribution < 1.29 is 14.7 Å². The lowest BCUT2D eigenvalue weighted by Crippen LogP contribution is -2.37. The Morgan fingerprint density at radius 1 is 0.805 bits per heavy atom. The first kappa shape index (κ1) is 28.2. The van der Waals surface area contributed by atoms with Gasteiger partial charge in [0.25, 0.3) is 0 Å². The topological polar surface area (TPSA) is 75.4 Å². The molecule has 4 aromatic carbocycles. The van der Waals surface area contributed by atoms with Crippen molar-refractivity contribution in [3.8, 4) is 0 Å². The van der Waals surface area contributed by atoms with Crippen LogP contribution in [-0.4, -0.2) is 50.3 Å². The number of imidazole rings is 1. The minimum absolute atomic E-state index is 0.0459. The number of para-hydroxylation sites is 2. The van der Waals surface area contributed by atoms with Gasteiger partial charge in [-0.1, -0.05) is 115 Å². The highest BCUT2D eigenvalue weighted by molar-refractivity contribution is 7.99. The molecule has 1 N–H and O–H groups in total. The van der Waals surface area contributed by atoms with E-state index in [1.54, 1.807) is 4.57 Å². The van der Waals surface area contributed by atoms with E-state index in [4.69, 9.17) is 0 Å². The van der Waals surface area contributed by atoms with Crippen LogP contribution in [0.5, 0.6) is 0 Å².